The smallest absolute Gasteiger partial charge is 0.321 e. The highest BCUT2D eigenvalue weighted by Crippen LogP contribution is 2.13. The van der Waals surface area contributed by atoms with E-state index in [9.17, 15) is 18.0 Å². The molecule has 0 saturated carbocycles. The summed E-state index contributed by atoms with van der Waals surface area (Å²) in [6.07, 6.45) is -0.0760. The van der Waals surface area contributed by atoms with Gasteiger partial charge in [-0.25, -0.2) is 8.42 Å². The van der Waals surface area contributed by atoms with E-state index in [1.54, 1.807) is 0 Å². The number of carbonyl (C=O) groups is 2. The zero-order valence-electron chi connectivity index (χ0n) is 10.7. The molecule has 0 aromatic heterocycles. The number of ether oxygens (including phenoxy) is 1. The number of amides is 1. The van der Waals surface area contributed by atoms with E-state index in [1.807, 2.05) is 0 Å². The molecule has 0 aromatic rings. The zero-order valence-corrected chi connectivity index (χ0v) is 11.5. The second kappa shape index (κ2) is 7.32. The standard InChI is InChI=1S/C10H19NO6S/c1-4-8(10(13)14)18(15,16)7(2)9(12)11-5-6-17-3/h7-8H,4-6H2,1-3H3,(H,11,12)(H,13,14). The van der Waals surface area contributed by atoms with Crippen molar-refractivity contribution in [1.29, 1.82) is 0 Å². The molecule has 0 aliphatic heterocycles. The van der Waals surface area contributed by atoms with Crippen LogP contribution in [0.3, 0.4) is 0 Å². The van der Waals surface area contributed by atoms with E-state index in [0.29, 0.717) is 0 Å². The molecule has 0 rings (SSSR count). The van der Waals surface area contributed by atoms with Gasteiger partial charge in [0.1, 0.15) is 5.25 Å². The number of sulfone groups is 1. The SMILES string of the molecule is CCC(C(=O)O)S(=O)(=O)C(C)C(=O)NCCOC. The van der Waals surface area contributed by atoms with Crippen LogP contribution in [0.2, 0.25) is 0 Å². The van der Waals surface area contributed by atoms with E-state index in [4.69, 9.17) is 9.84 Å². The van der Waals surface area contributed by atoms with E-state index >= 15 is 0 Å². The summed E-state index contributed by atoms with van der Waals surface area (Å²) in [4.78, 5) is 22.4. The monoisotopic (exact) mass is 281 g/mol. The maximum atomic E-state index is 11.9. The van der Waals surface area contributed by atoms with Gasteiger partial charge in [0.25, 0.3) is 0 Å². The summed E-state index contributed by atoms with van der Waals surface area (Å²) in [6.45, 7) is 3.07. The lowest BCUT2D eigenvalue weighted by Gasteiger charge is -2.17. The molecule has 0 aliphatic carbocycles. The van der Waals surface area contributed by atoms with Crippen LogP contribution in [0.5, 0.6) is 0 Å². The third kappa shape index (κ3) is 4.26. The number of hydrogen-bond acceptors (Lipinski definition) is 5. The van der Waals surface area contributed by atoms with Crippen molar-refractivity contribution in [1.82, 2.24) is 5.32 Å². The van der Waals surface area contributed by atoms with Gasteiger partial charge in [-0.05, 0) is 13.3 Å². The lowest BCUT2D eigenvalue weighted by Crippen LogP contribution is -2.45. The number of carboxylic acid groups (broad SMARTS) is 1. The molecule has 0 heterocycles. The fraction of sp³-hybridized carbons (Fsp3) is 0.800. The zero-order chi connectivity index (χ0) is 14.3. The molecule has 2 N–H and O–H groups in total. The van der Waals surface area contributed by atoms with E-state index in [-0.39, 0.29) is 19.6 Å². The number of nitrogens with one attached hydrogen (secondary N) is 1. The molecule has 0 spiro atoms. The summed E-state index contributed by atoms with van der Waals surface area (Å²) in [6, 6.07) is 0. The van der Waals surface area contributed by atoms with E-state index in [2.05, 4.69) is 5.32 Å². The van der Waals surface area contributed by atoms with Crippen molar-refractivity contribution >= 4 is 21.7 Å². The van der Waals surface area contributed by atoms with Crippen molar-refractivity contribution in [3.63, 3.8) is 0 Å². The average molecular weight is 281 g/mol. The molecule has 1 amide bonds. The van der Waals surface area contributed by atoms with Crippen molar-refractivity contribution in [2.24, 2.45) is 0 Å². The van der Waals surface area contributed by atoms with Crippen molar-refractivity contribution in [2.75, 3.05) is 20.3 Å². The second-order valence-electron chi connectivity index (χ2n) is 3.75. The number of aliphatic carboxylic acids is 1. The van der Waals surface area contributed by atoms with E-state index in [1.165, 1.54) is 21.0 Å². The van der Waals surface area contributed by atoms with E-state index in [0.717, 1.165) is 0 Å². The molecule has 0 fully saturated rings. The first kappa shape index (κ1) is 16.9. The van der Waals surface area contributed by atoms with Gasteiger partial charge in [-0.15, -0.1) is 0 Å². The second-order valence-corrected chi connectivity index (χ2v) is 6.20. The Labute approximate surface area is 106 Å². The molecule has 8 heteroatoms. The van der Waals surface area contributed by atoms with E-state index < -0.39 is 32.2 Å². The van der Waals surface area contributed by atoms with Crippen LogP contribution in [0.15, 0.2) is 0 Å². The highest BCUT2D eigenvalue weighted by Gasteiger charge is 2.38. The maximum Gasteiger partial charge on any atom is 0.321 e. The fourth-order valence-corrected chi connectivity index (χ4v) is 2.98. The predicted octanol–water partition coefficient (Wildman–Crippen LogP) is -0.584. The van der Waals surface area contributed by atoms with Crippen molar-refractivity contribution in [3.8, 4) is 0 Å². The Balaban J connectivity index is 4.79. The van der Waals surface area contributed by atoms with Crippen LogP contribution in [0.1, 0.15) is 20.3 Å². The molecule has 18 heavy (non-hydrogen) atoms. The fourth-order valence-electron chi connectivity index (χ4n) is 1.36. The Kier molecular flexibility index (Phi) is 6.85. The lowest BCUT2D eigenvalue weighted by molar-refractivity contribution is -0.136. The third-order valence-electron chi connectivity index (χ3n) is 2.51. The quantitative estimate of drug-likeness (QED) is 0.576. The normalized spacial score (nSPS) is 14.8. The first-order chi connectivity index (χ1) is 8.28. The molecule has 106 valence electrons. The lowest BCUT2D eigenvalue weighted by atomic mass is 10.3. The van der Waals surface area contributed by atoms with Gasteiger partial charge in [0.2, 0.25) is 5.91 Å². The molecule has 0 radical (unpaired) electrons. The Hall–Kier alpha value is -1.15. The number of carboxylic acids is 1. The van der Waals surface area contributed by atoms with Crippen molar-refractivity contribution in [2.45, 2.75) is 30.8 Å². The van der Waals surface area contributed by atoms with Crippen LogP contribution in [0.4, 0.5) is 0 Å². The summed E-state index contributed by atoms with van der Waals surface area (Å²) < 4.78 is 28.5. The van der Waals surface area contributed by atoms with Gasteiger partial charge >= 0.3 is 5.97 Å². The molecule has 0 saturated heterocycles. The average Bonchev–Trinajstić information content (AvgIpc) is 2.28. The molecular formula is C10H19NO6S. The molecule has 0 aliphatic rings. The van der Waals surface area contributed by atoms with Gasteiger partial charge in [-0.2, -0.15) is 0 Å². The summed E-state index contributed by atoms with van der Waals surface area (Å²) in [7, 11) is -2.59. The number of rotatable bonds is 8. The molecule has 0 bridgehead atoms. The Bertz CT molecular complexity index is 391. The highest BCUT2D eigenvalue weighted by atomic mass is 32.2. The van der Waals surface area contributed by atoms with Gasteiger partial charge in [-0.1, -0.05) is 6.92 Å². The summed E-state index contributed by atoms with van der Waals surface area (Å²) in [5, 5.41) is 8.25. The number of methoxy groups -OCH3 is 1. The van der Waals surface area contributed by atoms with Gasteiger partial charge in [0.05, 0.1) is 6.61 Å². The minimum Gasteiger partial charge on any atom is -0.480 e. The topological polar surface area (TPSA) is 110 Å². The summed E-state index contributed by atoms with van der Waals surface area (Å²) in [5.41, 5.74) is 0. The number of carbonyl (C=O) groups excluding carboxylic acids is 1. The largest absolute Gasteiger partial charge is 0.480 e. The van der Waals surface area contributed by atoms with Gasteiger partial charge in [0, 0.05) is 13.7 Å². The van der Waals surface area contributed by atoms with Crippen LogP contribution in [-0.4, -0.2) is 56.2 Å². The van der Waals surface area contributed by atoms with Gasteiger partial charge in [0.15, 0.2) is 15.1 Å². The number of hydrogen-bond donors (Lipinski definition) is 2. The minimum absolute atomic E-state index is 0.0760. The van der Waals surface area contributed by atoms with Crippen LogP contribution in [-0.2, 0) is 24.2 Å². The van der Waals surface area contributed by atoms with Gasteiger partial charge in [-0.3, -0.25) is 9.59 Å². The maximum absolute atomic E-state index is 11.9. The molecule has 0 aromatic carbocycles. The minimum atomic E-state index is -4.04. The Morgan fingerprint density at radius 2 is 1.94 bits per heavy atom. The molecule has 2 unspecified atom stereocenters. The van der Waals surface area contributed by atoms with Crippen molar-refractivity contribution in [3.05, 3.63) is 0 Å². The van der Waals surface area contributed by atoms with Crippen LogP contribution >= 0.6 is 0 Å². The summed E-state index contributed by atoms with van der Waals surface area (Å²) >= 11 is 0. The first-order valence-electron chi connectivity index (χ1n) is 5.51. The Morgan fingerprint density at radius 1 is 1.39 bits per heavy atom. The summed E-state index contributed by atoms with van der Waals surface area (Å²) in [5.74, 6) is -2.15. The Morgan fingerprint density at radius 3 is 2.33 bits per heavy atom. The van der Waals surface area contributed by atoms with Crippen molar-refractivity contribution < 1.29 is 27.9 Å². The highest BCUT2D eigenvalue weighted by molar-refractivity contribution is 7.94. The van der Waals surface area contributed by atoms with Crippen LogP contribution < -0.4 is 5.32 Å². The predicted molar refractivity (Wildman–Crippen MR) is 65.0 cm³/mol. The van der Waals surface area contributed by atoms with Crippen LogP contribution in [0, 0.1) is 0 Å². The molecule has 2 atom stereocenters. The van der Waals surface area contributed by atoms with Crippen LogP contribution in [0.25, 0.3) is 0 Å². The molecule has 7 nitrogen and oxygen atoms in total. The van der Waals surface area contributed by atoms with Gasteiger partial charge < -0.3 is 15.2 Å². The third-order valence-corrected chi connectivity index (χ3v) is 5.04. The molecular weight excluding hydrogens is 262 g/mol. The first-order valence-corrected chi connectivity index (χ1v) is 7.12.